The first kappa shape index (κ1) is 20.1. The molecule has 1 fully saturated rings. The zero-order chi connectivity index (χ0) is 21.1. The molecular weight excluding hydrogens is 378 g/mol. The van der Waals surface area contributed by atoms with Gasteiger partial charge in [-0.2, -0.15) is 0 Å². The van der Waals surface area contributed by atoms with E-state index in [4.69, 9.17) is 4.99 Å². The summed E-state index contributed by atoms with van der Waals surface area (Å²) in [6, 6.07) is 19.8. The number of amidine groups is 1. The van der Waals surface area contributed by atoms with Gasteiger partial charge in [0.2, 0.25) is 0 Å². The van der Waals surface area contributed by atoms with E-state index < -0.39 is 18.2 Å². The quantitative estimate of drug-likeness (QED) is 0.768. The van der Waals surface area contributed by atoms with E-state index in [1.165, 1.54) is 16.0 Å². The molecule has 0 spiro atoms. The van der Waals surface area contributed by atoms with Crippen LogP contribution in [-0.4, -0.2) is 64.8 Å². The van der Waals surface area contributed by atoms with Crippen LogP contribution < -0.4 is 5.32 Å². The van der Waals surface area contributed by atoms with Crippen LogP contribution in [0.25, 0.3) is 0 Å². The molecule has 0 radical (unpaired) electrons. The fourth-order valence-electron chi connectivity index (χ4n) is 4.14. The highest BCUT2D eigenvalue weighted by molar-refractivity contribution is 6.04. The Balaban J connectivity index is 1.59. The van der Waals surface area contributed by atoms with Gasteiger partial charge in [-0.15, -0.1) is 0 Å². The van der Waals surface area contributed by atoms with Crippen LogP contribution in [0.1, 0.15) is 18.1 Å². The number of rotatable bonds is 7. The first-order valence-electron chi connectivity index (χ1n) is 10.3. The van der Waals surface area contributed by atoms with Gasteiger partial charge in [-0.3, -0.25) is 15.0 Å². The Hall–Kier alpha value is -3.19. The monoisotopic (exact) mass is 405 g/mol. The number of likely N-dealkylation sites (N-methyl/N-ethyl adjacent to an activating group) is 2. The lowest BCUT2D eigenvalue weighted by Gasteiger charge is -2.36. The van der Waals surface area contributed by atoms with E-state index >= 15 is 0 Å². The molecule has 2 atom stereocenters. The average Bonchev–Trinajstić information content (AvgIpc) is 3.12. The summed E-state index contributed by atoms with van der Waals surface area (Å²) < 4.78 is 0. The maximum atomic E-state index is 12.5. The normalized spacial score (nSPS) is 21.0. The molecule has 2 aliphatic rings. The number of amides is 3. The molecule has 2 aromatic carbocycles. The Morgan fingerprint density at radius 2 is 1.50 bits per heavy atom. The number of fused-ring (bicyclic) bond motifs is 1. The molecule has 1 saturated heterocycles. The van der Waals surface area contributed by atoms with Gasteiger partial charge in [-0.1, -0.05) is 60.7 Å². The summed E-state index contributed by atoms with van der Waals surface area (Å²) in [5.74, 6) is 0.567. The minimum atomic E-state index is -0.475. The summed E-state index contributed by atoms with van der Waals surface area (Å²) in [4.78, 5) is 35.2. The zero-order valence-corrected chi connectivity index (χ0v) is 17.4. The summed E-state index contributed by atoms with van der Waals surface area (Å²) >= 11 is 0. The Labute approximate surface area is 177 Å². The molecule has 7 heteroatoms. The van der Waals surface area contributed by atoms with Gasteiger partial charge in [0, 0.05) is 26.7 Å². The van der Waals surface area contributed by atoms with Crippen molar-refractivity contribution < 1.29 is 9.59 Å². The molecule has 0 saturated carbocycles. The second-order valence-corrected chi connectivity index (χ2v) is 7.71. The van der Waals surface area contributed by atoms with Crippen molar-refractivity contribution in [2.45, 2.75) is 32.2 Å². The highest BCUT2D eigenvalue weighted by Gasteiger charge is 2.47. The van der Waals surface area contributed by atoms with Crippen molar-refractivity contribution in [2.75, 3.05) is 20.1 Å². The van der Waals surface area contributed by atoms with Crippen molar-refractivity contribution in [3.8, 4) is 0 Å². The van der Waals surface area contributed by atoms with Gasteiger partial charge in [0.25, 0.3) is 5.91 Å². The van der Waals surface area contributed by atoms with Crippen molar-refractivity contribution in [2.24, 2.45) is 4.99 Å². The number of hydrogen-bond acceptors (Lipinski definition) is 5. The summed E-state index contributed by atoms with van der Waals surface area (Å²) in [7, 11) is 1.69. The Bertz CT molecular complexity index is 890. The van der Waals surface area contributed by atoms with Crippen LogP contribution >= 0.6 is 0 Å². The number of carbonyl (C=O) groups excluding carboxylic acids is 2. The summed E-state index contributed by atoms with van der Waals surface area (Å²) in [5, 5.41) is 2.44. The van der Waals surface area contributed by atoms with Crippen LogP contribution in [0.4, 0.5) is 4.79 Å². The third-order valence-electron chi connectivity index (χ3n) is 5.65. The first-order valence-corrected chi connectivity index (χ1v) is 10.3. The topological polar surface area (TPSA) is 68.2 Å². The van der Waals surface area contributed by atoms with Crippen molar-refractivity contribution in [3.63, 3.8) is 0 Å². The number of aliphatic imine (C=N–C) groups is 1. The van der Waals surface area contributed by atoms with Crippen LogP contribution in [0.2, 0.25) is 0 Å². The van der Waals surface area contributed by atoms with E-state index in [1.54, 1.807) is 7.05 Å². The second-order valence-electron chi connectivity index (χ2n) is 7.71. The molecule has 3 amide bonds. The standard InChI is InChI=1S/C23H27N5O2/c1-3-28-19(24-21-20(28)22(29)25-23(30)26(21)2)16-27(14-17-10-6-4-7-11-17)15-18-12-8-5-9-13-18/h4-13,20-21H,3,14-16H2,1-2H3,(H,25,29,30). The van der Waals surface area contributed by atoms with Gasteiger partial charge < -0.3 is 9.80 Å². The Morgan fingerprint density at radius 3 is 2.03 bits per heavy atom. The molecule has 2 heterocycles. The smallest absolute Gasteiger partial charge is 0.325 e. The van der Waals surface area contributed by atoms with Crippen molar-refractivity contribution in [1.29, 1.82) is 0 Å². The first-order chi connectivity index (χ1) is 14.6. The number of urea groups is 1. The Morgan fingerprint density at radius 1 is 0.933 bits per heavy atom. The highest BCUT2D eigenvalue weighted by atomic mass is 16.2. The number of hydrogen-bond donors (Lipinski definition) is 1. The lowest BCUT2D eigenvalue weighted by Crippen LogP contribution is -2.63. The molecule has 7 nitrogen and oxygen atoms in total. The number of nitrogens with zero attached hydrogens (tertiary/aromatic N) is 4. The molecule has 156 valence electrons. The molecule has 0 bridgehead atoms. The summed E-state index contributed by atoms with van der Waals surface area (Å²) in [6.45, 7) is 4.80. The van der Waals surface area contributed by atoms with Crippen LogP contribution in [0.3, 0.4) is 0 Å². The molecule has 2 aromatic rings. The van der Waals surface area contributed by atoms with Crippen LogP contribution in [0.15, 0.2) is 65.7 Å². The summed E-state index contributed by atoms with van der Waals surface area (Å²) in [6.07, 6.45) is -0.475. The van der Waals surface area contributed by atoms with Gasteiger partial charge in [-0.25, -0.2) is 9.79 Å². The molecule has 30 heavy (non-hydrogen) atoms. The van der Waals surface area contributed by atoms with Crippen LogP contribution in [-0.2, 0) is 17.9 Å². The van der Waals surface area contributed by atoms with E-state index in [9.17, 15) is 9.59 Å². The zero-order valence-electron chi connectivity index (χ0n) is 17.4. The van der Waals surface area contributed by atoms with Gasteiger partial charge in [0.1, 0.15) is 5.84 Å². The van der Waals surface area contributed by atoms with Gasteiger partial charge in [-0.05, 0) is 18.1 Å². The van der Waals surface area contributed by atoms with E-state index in [-0.39, 0.29) is 5.91 Å². The lowest BCUT2D eigenvalue weighted by molar-refractivity contribution is -0.127. The minimum Gasteiger partial charge on any atom is -0.344 e. The fourth-order valence-corrected chi connectivity index (χ4v) is 4.14. The summed E-state index contributed by atoms with van der Waals surface area (Å²) in [5.41, 5.74) is 2.44. The highest BCUT2D eigenvalue weighted by Crippen LogP contribution is 2.24. The maximum absolute atomic E-state index is 12.5. The van der Waals surface area contributed by atoms with Crippen molar-refractivity contribution in [3.05, 3.63) is 71.8 Å². The lowest BCUT2D eigenvalue weighted by atomic mass is 10.1. The minimum absolute atomic E-state index is 0.277. The third-order valence-corrected chi connectivity index (χ3v) is 5.65. The SMILES string of the molecule is CCN1C(CN(Cc2ccccc2)Cc2ccccc2)=NC2C1C(=O)NC(=O)N2C. The maximum Gasteiger partial charge on any atom is 0.325 e. The largest absolute Gasteiger partial charge is 0.344 e. The second kappa shape index (κ2) is 8.67. The van der Waals surface area contributed by atoms with Gasteiger partial charge in [0.05, 0.1) is 6.54 Å². The van der Waals surface area contributed by atoms with Crippen LogP contribution in [0.5, 0.6) is 0 Å². The molecule has 0 aliphatic carbocycles. The van der Waals surface area contributed by atoms with E-state index in [2.05, 4.69) is 34.5 Å². The molecule has 4 rings (SSSR count). The molecule has 1 N–H and O–H groups in total. The average molecular weight is 406 g/mol. The van der Waals surface area contributed by atoms with Crippen LogP contribution in [0, 0.1) is 0 Å². The number of imide groups is 1. The fraction of sp³-hybridized carbons (Fsp3) is 0.348. The predicted octanol–water partition coefficient (Wildman–Crippen LogP) is 2.30. The number of nitrogens with one attached hydrogen (secondary N) is 1. The molecular formula is C23H27N5O2. The predicted molar refractivity (Wildman–Crippen MR) is 116 cm³/mol. The van der Waals surface area contributed by atoms with Crippen molar-refractivity contribution >= 4 is 17.8 Å². The molecule has 2 unspecified atom stereocenters. The molecule has 0 aromatic heterocycles. The van der Waals surface area contributed by atoms with Gasteiger partial charge >= 0.3 is 6.03 Å². The molecule has 2 aliphatic heterocycles. The third kappa shape index (κ3) is 4.07. The van der Waals surface area contributed by atoms with E-state index in [0.717, 1.165) is 18.9 Å². The van der Waals surface area contributed by atoms with E-state index in [0.29, 0.717) is 13.1 Å². The number of benzene rings is 2. The van der Waals surface area contributed by atoms with Crippen molar-refractivity contribution in [1.82, 2.24) is 20.0 Å². The Kier molecular flexibility index (Phi) is 5.81. The van der Waals surface area contributed by atoms with E-state index in [1.807, 2.05) is 48.2 Å². The number of carbonyl (C=O) groups is 2. The van der Waals surface area contributed by atoms with Gasteiger partial charge in [0.15, 0.2) is 12.2 Å².